The number of hydrogen-bond acceptors (Lipinski definition) is 12. The van der Waals surface area contributed by atoms with E-state index in [1.165, 1.54) is 15.8 Å². The van der Waals surface area contributed by atoms with Gasteiger partial charge in [0.2, 0.25) is 0 Å². The number of aliphatic hydroxyl groups is 4. The average molecular weight is 878 g/mol. The third kappa shape index (κ3) is 10.4. The molecule has 2 amide bonds. The Bertz CT molecular complexity index is 2180. The second-order valence-corrected chi connectivity index (χ2v) is 14.7. The standard InChI is InChI=1S/C40H43Cl2FN4O13/c1-22-30(41)6-3-8-34(22)58-11-12-60-39(57)47-9-4-10-59-35-27(5-2-7-33(35)47)24-17-44-46(18-24)19-28-31(42)13-23(14-32(28)43)36(52)45-40(38(55)56,16-26(51)21-49)29(37(53)54)15-25(50)20-48/h2-3,5-8,13-14,17-18,25-26,29,48-51H,4,9-12,15-16,19-21H2,1H3,(H,45,52)(H,53,54)(H,55,56)/t25?,26?,29?,40-/m0/s1. The van der Waals surface area contributed by atoms with E-state index in [2.05, 4.69) is 5.10 Å². The molecule has 322 valence electrons. The molecule has 2 heterocycles. The van der Waals surface area contributed by atoms with Crippen molar-refractivity contribution in [2.45, 2.75) is 50.5 Å². The Balaban J connectivity index is 1.33. The average Bonchev–Trinajstić information content (AvgIpc) is 3.57. The lowest BCUT2D eigenvalue weighted by Crippen LogP contribution is -2.63. The summed E-state index contributed by atoms with van der Waals surface area (Å²) in [5.74, 6) is -7.24. The largest absolute Gasteiger partial charge is 0.491 e. The lowest BCUT2D eigenvalue weighted by atomic mass is 9.76. The number of para-hydroxylation sites is 1. The van der Waals surface area contributed by atoms with Gasteiger partial charge in [-0.15, -0.1) is 0 Å². The minimum absolute atomic E-state index is 0.0335. The number of hydrogen-bond donors (Lipinski definition) is 7. The van der Waals surface area contributed by atoms with Crippen LogP contribution in [0.2, 0.25) is 10.0 Å². The van der Waals surface area contributed by atoms with Crippen molar-refractivity contribution in [3.8, 4) is 22.6 Å². The van der Waals surface area contributed by atoms with Crippen LogP contribution in [-0.4, -0.2) is 122 Å². The van der Waals surface area contributed by atoms with Crippen molar-refractivity contribution >= 4 is 52.8 Å². The second-order valence-electron chi connectivity index (χ2n) is 13.9. The number of amides is 2. The first-order chi connectivity index (χ1) is 28.6. The van der Waals surface area contributed by atoms with Crippen molar-refractivity contribution in [3.63, 3.8) is 0 Å². The van der Waals surface area contributed by atoms with Gasteiger partial charge in [-0.3, -0.25) is 19.2 Å². The summed E-state index contributed by atoms with van der Waals surface area (Å²) in [5.41, 5.74) is -1.17. The SMILES string of the molecule is Cc1c(Cl)cccc1OCCOC(=O)N1CCCOc2c(-c3cnn(Cc4c(F)cc(C(=O)N[C@](CC(O)CO)(C(=O)O)C(CC(O)CO)C(=O)O)cc4Cl)c3)cccc21. The van der Waals surface area contributed by atoms with Gasteiger partial charge in [-0.1, -0.05) is 41.4 Å². The number of aromatic nitrogens is 2. The number of carbonyl (C=O) groups is 4. The molecule has 17 nitrogen and oxygen atoms in total. The van der Waals surface area contributed by atoms with Crippen LogP contribution >= 0.6 is 23.2 Å². The van der Waals surface area contributed by atoms with Crippen LogP contribution in [-0.2, 0) is 20.9 Å². The van der Waals surface area contributed by atoms with E-state index >= 15 is 4.39 Å². The first-order valence-electron chi connectivity index (χ1n) is 18.5. The van der Waals surface area contributed by atoms with Crippen LogP contribution in [0.4, 0.5) is 14.9 Å². The molecule has 4 aromatic rings. The molecule has 5 rings (SSSR count). The summed E-state index contributed by atoms with van der Waals surface area (Å²) >= 11 is 12.6. The van der Waals surface area contributed by atoms with E-state index in [9.17, 15) is 49.8 Å². The first-order valence-corrected chi connectivity index (χ1v) is 19.3. The van der Waals surface area contributed by atoms with Gasteiger partial charge in [0, 0.05) is 57.0 Å². The van der Waals surface area contributed by atoms with Crippen molar-refractivity contribution in [2.24, 2.45) is 5.92 Å². The molecule has 0 saturated heterocycles. The number of anilines is 1. The van der Waals surface area contributed by atoms with E-state index in [1.807, 2.05) is 12.2 Å². The normalized spacial score (nSPS) is 15.0. The molecule has 0 saturated carbocycles. The van der Waals surface area contributed by atoms with Crippen LogP contribution in [0.1, 0.15) is 40.7 Å². The molecule has 0 bridgehead atoms. The van der Waals surface area contributed by atoms with E-state index in [4.69, 9.17) is 37.4 Å². The molecule has 4 atom stereocenters. The molecule has 0 aliphatic carbocycles. The zero-order valence-electron chi connectivity index (χ0n) is 32.1. The Morgan fingerprint density at radius 1 is 1.02 bits per heavy atom. The molecule has 20 heteroatoms. The number of carbonyl (C=O) groups excluding carboxylic acids is 2. The van der Waals surface area contributed by atoms with Crippen LogP contribution in [0, 0.1) is 18.7 Å². The van der Waals surface area contributed by atoms with Crippen LogP contribution in [0.5, 0.6) is 11.5 Å². The van der Waals surface area contributed by atoms with Gasteiger partial charge < -0.3 is 50.2 Å². The summed E-state index contributed by atoms with van der Waals surface area (Å²) in [6.45, 7) is 0.264. The van der Waals surface area contributed by atoms with E-state index in [0.717, 1.165) is 17.7 Å². The number of halogens is 3. The highest BCUT2D eigenvalue weighted by atomic mass is 35.5. The minimum atomic E-state index is -2.85. The van der Waals surface area contributed by atoms with Crippen molar-refractivity contribution < 1.29 is 68.4 Å². The van der Waals surface area contributed by atoms with Crippen LogP contribution in [0.3, 0.4) is 0 Å². The van der Waals surface area contributed by atoms with Gasteiger partial charge in [0.15, 0.2) is 11.3 Å². The molecule has 0 spiro atoms. The van der Waals surface area contributed by atoms with Crippen molar-refractivity contribution in [1.82, 2.24) is 15.1 Å². The Labute approximate surface area is 352 Å². The number of ether oxygens (including phenoxy) is 3. The Morgan fingerprint density at radius 3 is 2.43 bits per heavy atom. The minimum Gasteiger partial charge on any atom is -0.491 e. The predicted molar refractivity (Wildman–Crippen MR) is 213 cm³/mol. The molecule has 1 aliphatic rings. The Morgan fingerprint density at radius 2 is 1.75 bits per heavy atom. The van der Waals surface area contributed by atoms with E-state index in [0.29, 0.717) is 46.3 Å². The van der Waals surface area contributed by atoms with Gasteiger partial charge in [-0.25, -0.2) is 14.0 Å². The molecule has 3 unspecified atom stereocenters. The van der Waals surface area contributed by atoms with Crippen molar-refractivity contribution in [2.75, 3.05) is 44.5 Å². The van der Waals surface area contributed by atoms with Gasteiger partial charge in [-0.05, 0) is 50.1 Å². The van der Waals surface area contributed by atoms with E-state index in [-0.39, 0.29) is 37.0 Å². The monoisotopic (exact) mass is 876 g/mol. The van der Waals surface area contributed by atoms with Crippen LogP contribution < -0.4 is 19.7 Å². The predicted octanol–water partition coefficient (Wildman–Crippen LogP) is 3.90. The highest BCUT2D eigenvalue weighted by Gasteiger charge is 2.52. The molecular weight excluding hydrogens is 834 g/mol. The molecular formula is C40H43Cl2FN4O13. The third-order valence-corrected chi connectivity index (χ3v) is 10.6. The summed E-state index contributed by atoms with van der Waals surface area (Å²) in [6.07, 6.45) is -2.51. The topological polar surface area (TPSA) is 250 Å². The summed E-state index contributed by atoms with van der Waals surface area (Å²) in [7, 11) is 0. The summed E-state index contributed by atoms with van der Waals surface area (Å²) in [4.78, 5) is 53.1. The van der Waals surface area contributed by atoms with Crippen LogP contribution in [0.15, 0.2) is 60.9 Å². The zero-order chi connectivity index (χ0) is 43.7. The quantitative estimate of drug-likeness (QED) is 0.0701. The lowest BCUT2D eigenvalue weighted by molar-refractivity contribution is -0.160. The van der Waals surface area contributed by atoms with Gasteiger partial charge in [0.05, 0.1) is 56.4 Å². The molecule has 0 radical (unpaired) electrons. The number of fused-ring (bicyclic) bond motifs is 1. The van der Waals surface area contributed by atoms with Gasteiger partial charge in [-0.2, -0.15) is 5.10 Å². The number of carboxylic acid groups (broad SMARTS) is 2. The maximum absolute atomic E-state index is 15.7. The smallest absolute Gasteiger partial charge is 0.414 e. The molecule has 0 fully saturated rings. The fourth-order valence-electron chi connectivity index (χ4n) is 6.70. The maximum Gasteiger partial charge on any atom is 0.414 e. The highest BCUT2D eigenvalue weighted by molar-refractivity contribution is 6.32. The van der Waals surface area contributed by atoms with Crippen molar-refractivity contribution in [1.29, 1.82) is 0 Å². The number of rotatable bonds is 18. The van der Waals surface area contributed by atoms with Gasteiger partial charge >= 0.3 is 18.0 Å². The molecule has 1 aromatic heterocycles. The fourth-order valence-corrected chi connectivity index (χ4v) is 7.14. The molecule has 7 N–H and O–H groups in total. The third-order valence-electron chi connectivity index (χ3n) is 9.83. The molecule has 1 aliphatic heterocycles. The number of aliphatic carboxylic acids is 2. The molecule has 3 aromatic carbocycles. The number of carboxylic acids is 2. The first kappa shape index (κ1) is 45.6. The summed E-state index contributed by atoms with van der Waals surface area (Å²) in [5, 5.41) is 65.7. The van der Waals surface area contributed by atoms with E-state index < -0.39 is 85.0 Å². The second kappa shape index (κ2) is 20.2. The summed E-state index contributed by atoms with van der Waals surface area (Å²) in [6, 6.07) is 12.2. The maximum atomic E-state index is 15.7. The summed E-state index contributed by atoms with van der Waals surface area (Å²) < 4.78 is 34.5. The lowest BCUT2D eigenvalue weighted by Gasteiger charge is -2.37. The van der Waals surface area contributed by atoms with Crippen molar-refractivity contribution in [3.05, 3.63) is 93.5 Å². The number of nitrogens with one attached hydrogen (secondary N) is 1. The number of aliphatic hydroxyl groups excluding tert-OH is 4. The number of nitrogens with zero attached hydrogens (tertiary/aromatic N) is 3. The Kier molecular flexibility index (Phi) is 15.3. The van der Waals surface area contributed by atoms with E-state index in [1.54, 1.807) is 42.6 Å². The number of benzene rings is 3. The van der Waals surface area contributed by atoms with Gasteiger partial charge in [0.1, 0.15) is 24.8 Å². The fraction of sp³-hybridized carbons (Fsp3) is 0.375. The highest BCUT2D eigenvalue weighted by Crippen LogP contribution is 2.40. The molecule has 60 heavy (non-hydrogen) atoms. The van der Waals surface area contributed by atoms with Gasteiger partial charge in [0.25, 0.3) is 5.91 Å². The zero-order valence-corrected chi connectivity index (χ0v) is 33.6. The van der Waals surface area contributed by atoms with Crippen LogP contribution in [0.25, 0.3) is 11.1 Å². The Hall–Kier alpha value is -5.50.